The van der Waals surface area contributed by atoms with Gasteiger partial charge in [0.15, 0.2) is 0 Å². The molecule has 0 N–H and O–H groups in total. The predicted molar refractivity (Wildman–Crippen MR) is 54.3 cm³/mol. The van der Waals surface area contributed by atoms with Gasteiger partial charge in [0.25, 0.3) is 6.43 Å². The number of aromatic nitrogens is 1. The van der Waals surface area contributed by atoms with Gasteiger partial charge in [-0.05, 0) is 51.0 Å². The first kappa shape index (κ1) is 10.3. The maximum Gasteiger partial charge on any atom is 0.281 e. The van der Waals surface area contributed by atoms with Crippen molar-refractivity contribution in [1.82, 2.24) is 4.98 Å². The first-order valence-corrected chi connectivity index (χ1v) is 5.00. The molecule has 12 heavy (non-hydrogen) atoms. The van der Waals surface area contributed by atoms with E-state index >= 15 is 0 Å². The maximum atomic E-state index is 12.3. The molecule has 0 fully saturated rings. The second kappa shape index (κ2) is 3.95. The van der Waals surface area contributed by atoms with Gasteiger partial charge in [0.2, 0.25) is 0 Å². The van der Waals surface area contributed by atoms with Crippen LogP contribution in [0.4, 0.5) is 8.78 Å². The molecule has 0 saturated carbocycles. The van der Waals surface area contributed by atoms with E-state index in [0.29, 0.717) is 8.04 Å². The van der Waals surface area contributed by atoms with Crippen LogP contribution in [0.3, 0.4) is 0 Å². The minimum atomic E-state index is -2.51. The highest BCUT2D eigenvalue weighted by Crippen LogP contribution is 2.29. The lowest BCUT2D eigenvalue weighted by molar-refractivity contribution is 0.145. The van der Waals surface area contributed by atoms with Gasteiger partial charge in [0.1, 0.15) is 5.69 Å². The zero-order chi connectivity index (χ0) is 9.30. The van der Waals surface area contributed by atoms with Crippen molar-refractivity contribution in [2.24, 2.45) is 0 Å². The number of pyridine rings is 1. The summed E-state index contributed by atoms with van der Waals surface area (Å²) < 4.78 is 25.7. The SMILES string of the molecule is Cc1cnc(C(F)F)c(I)c1Br. The van der Waals surface area contributed by atoms with E-state index in [0.717, 1.165) is 5.56 Å². The molecule has 0 aromatic carbocycles. The molecule has 5 heteroatoms. The average molecular weight is 348 g/mol. The molecule has 0 atom stereocenters. The van der Waals surface area contributed by atoms with Crippen LogP contribution in [0.1, 0.15) is 17.7 Å². The van der Waals surface area contributed by atoms with Crippen LogP contribution < -0.4 is 0 Å². The van der Waals surface area contributed by atoms with Crippen LogP contribution in [0.15, 0.2) is 10.7 Å². The summed E-state index contributed by atoms with van der Waals surface area (Å²) in [4.78, 5) is 3.65. The van der Waals surface area contributed by atoms with Gasteiger partial charge in [0, 0.05) is 10.7 Å². The summed E-state index contributed by atoms with van der Waals surface area (Å²) >= 11 is 5.07. The van der Waals surface area contributed by atoms with Crippen molar-refractivity contribution < 1.29 is 8.78 Å². The number of alkyl halides is 2. The molecule has 1 aromatic heterocycles. The Morgan fingerprint density at radius 3 is 2.67 bits per heavy atom. The molecule has 66 valence electrons. The number of hydrogen-bond donors (Lipinski definition) is 0. The monoisotopic (exact) mass is 347 g/mol. The molecule has 0 unspecified atom stereocenters. The summed E-state index contributed by atoms with van der Waals surface area (Å²) in [6.45, 7) is 1.81. The van der Waals surface area contributed by atoms with E-state index < -0.39 is 6.43 Å². The largest absolute Gasteiger partial charge is 0.281 e. The Bertz CT molecular complexity index is 304. The van der Waals surface area contributed by atoms with Crippen LogP contribution in [-0.2, 0) is 0 Å². The van der Waals surface area contributed by atoms with Crippen molar-refractivity contribution in [2.75, 3.05) is 0 Å². The Morgan fingerprint density at radius 1 is 1.58 bits per heavy atom. The molecule has 0 spiro atoms. The van der Waals surface area contributed by atoms with E-state index in [4.69, 9.17) is 0 Å². The van der Waals surface area contributed by atoms with Gasteiger partial charge in [0.05, 0.1) is 3.57 Å². The standard InChI is InChI=1S/C7H5BrF2IN/c1-3-2-12-6(7(9)10)5(11)4(3)8/h2,7H,1H3. The zero-order valence-corrected chi connectivity index (χ0v) is 9.86. The van der Waals surface area contributed by atoms with Gasteiger partial charge < -0.3 is 0 Å². The average Bonchev–Trinajstić information content (AvgIpc) is 2.00. The molecule has 0 saturated heterocycles. The van der Waals surface area contributed by atoms with Crippen LogP contribution in [0.25, 0.3) is 0 Å². The number of nitrogens with zero attached hydrogens (tertiary/aromatic N) is 1. The van der Waals surface area contributed by atoms with Crippen molar-refractivity contribution in [2.45, 2.75) is 13.3 Å². The van der Waals surface area contributed by atoms with Gasteiger partial charge >= 0.3 is 0 Å². The quantitative estimate of drug-likeness (QED) is 0.706. The third-order valence-corrected chi connectivity index (χ3v) is 4.22. The fraction of sp³-hybridized carbons (Fsp3) is 0.286. The molecule has 1 heterocycles. The lowest BCUT2D eigenvalue weighted by atomic mass is 10.3. The Labute approximate surface area is 90.8 Å². The summed E-state index contributed by atoms with van der Waals surface area (Å²) in [6.07, 6.45) is -1.07. The predicted octanol–water partition coefficient (Wildman–Crippen LogP) is 3.69. The van der Waals surface area contributed by atoms with Crippen LogP contribution in [0.5, 0.6) is 0 Å². The molecule has 1 aromatic rings. The molecule has 1 nitrogen and oxygen atoms in total. The Hall–Kier alpha value is 0.220. The molecule has 0 radical (unpaired) electrons. The van der Waals surface area contributed by atoms with E-state index in [9.17, 15) is 8.78 Å². The molecule has 0 aliphatic rings. The van der Waals surface area contributed by atoms with Crippen LogP contribution in [-0.4, -0.2) is 4.98 Å². The number of halogens is 4. The fourth-order valence-corrected chi connectivity index (χ4v) is 1.82. The second-order valence-electron chi connectivity index (χ2n) is 2.26. The van der Waals surface area contributed by atoms with Crippen molar-refractivity contribution in [3.05, 3.63) is 25.5 Å². The topological polar surface area (TPSA) is 12.9 Å². The van der Waals surface area contributed by atoms with E-state index in [2.05, 4.69) is 20.9 Å². The van der Waals surface area contributed by atoms with Crippen molar-refractivity contribution >= 4 is 38.5 Å². The smallest absolute Gasteiger partial charge is 0.254 e. The number of aryl methyl sites for hydroxylation is 1. The van der Waals surface area contributed by atoms with Gasteiger partial charge in [-0.2, -0.15) is 0 Å². The van der Waals surface area contributed by atoms with Crippen LogP contribution in [0.2, 0.25) is 0 Å². The van der Waals surface area contributed by atoms with Crippen molar-refractivity contribution in [3.63, 3.8) is 0 Å². The lowest BCUT2D eigenvalue weighted by Gasteiger charge is -2.05. The van der Waals surface area contributed by atoms with Gasteiger partial charge in [-0.15, -0.1) is 0 Å². The third kappa shape index (κ3) is 1.93. The Morgan fingerprint density at radius 2 is 2.17 bits per heavy atom. The zero-order valence-electron chi connectivity index (χ0n) is 6.11. The second-order valence-corrected chi connectivity index (χ2v) is 4.13. The van der Waals surface area contributed by atoms with Crippen molar-refractivity contribution in [3.8, 4) is 0 Å². The van der Waals surface area contributed by atoms with E-state index in [-0.39, 0.29) is 5.69 Å². The van der Waals surface area contributed by atoms with Gasteiger partial charge in [-0.25, -0.2) is 8.78 Å². The summed E-state index contributed by atoms with van der Waals surface area (Å²) in [5, 5.41) is 0. The third-order valence-electron chi connectivity index (χ3n) is 1.37. The Kier molecular flexibility index (Phi) is 3.39. The molecular formula is C7H5BrF2IN. The highest BCUT2D eigenvalue weighted by Gasteiger charge is 2.16. The summed E-state index contributed by atoms with van der Waals surface area (Å²) in [5.74, 6) is 0. The first-order chi connectivity index (χ1) is 5.54. The highest BCUT2D eigenvalue weighted by atomic mass is 127. The highest BCUT2D eigenvalue weighted by molar-refractivity contribution is 14.1. The lowest BCUT2D eigenvalue weighted by Crippen LogP contribution is -1.96. The van der Waals surface area contributed by atoms with Gasteiger partial charge in [-0.1, -0.05) is 0 Å². The molecule has 0 aliphatic heterocycles. The summed E-state index contributed by atoms with van der Waals surface area (Å²) in [6, 6.07) is 0. The molecule has 0 bridgehead atoms. The van der Waals surface area contributed by atoms with Crippen molar-refractivity contribution in [1.29, 1.82) is 0 Å². The van der Waals surface area contributed by atoms with E-state index in [1.54, 1.807) is 0 Å². The van der Waals surface area contributed by atoms with Crippen LogP contribution in [0, 0.1) is 10.5 Å². The maximum absolute atomic E-state index is 12.3. The number of hydrogen-bond acceptors (Lipinski definition) is 1. The normalized spacial score (nSPS) is 10.8. The first-order valence-electron chi connectivity index (χ1n) is 3.12. The van der Waals surface area contributed by atoms with Gasteiger partial charge in [-0.3, -0.25) is 4.98 Å². The minimum Gasteiger partial charge on any atom is -0.254 e. The number of rotatable bonds is 1. The Balaban J connectivity index is 3.27. The summed E-state index contributed by atoms with van der Waals surface area (Å²) in [7, 11) is 0. The minimum absolute atomic E-state index is 0.159. The van der Waals surface area contributed by atoms with E-state index in [1.165, 1.54) is 6.20 Å². The fourth-order valence-electron chi connectivity index (χ4n) is 0.717. The summed E-state index contributed by atoms with van der Waals surface area (Å²) in [5.41, 5.74) is 0.705. The molecular weight excluding hydrogens is 343 g/mol. The molecule has 0 aliphatic carbocycles. The molecule has 1 rings (SSSR count). The van der Waals surface area contributed by atoms with Crippen LogP contribution >= 0.6 is 38.5 Å². The van der Waals surface area contributed by atoms with E-state index in [1.807, 2.05) is 29.5 Å². The molecule has 0 amide bonds.